The molecule has 1 N–H and O–H groups in total. The molecule has 2 aromatic carbocycles. The second-order valence-electron chi connectivity index (χ2n) is 9.31. The number of halogens is 2. The molecule has 2 aliphatic rings. The highest BCUT2D eigenvalue weighted by atomic mass is 19.1. The highest BCUT2D eigenvalue weighted by molar-refractivity contribution is 5.98. The zero-order chi connectivity index (χ0) is 26.7. The zero-order valence-electron chi connectivity index (χ0n) is 20.5. The van der Waals surface area contributed by atoms with E-state index in [4.69, 9.17) is 4.74 Å². The standard InChI is InChI=1S/C28H26F2N4O4/c29-21-8-9-22(23(30)15-21)27(37)33-13-10-28(11-14-33)34(26(36)20-6-2-1-3-7-20)24(18-38-28)25(35)32-17-19-5-4-12-31-16-19/h1-9,12,15-16,24H,10-11,13-14,17-18H2,(H,32,35). The molecule has 10 heteroatoms. The molecule has 1 spiro atoms. The largest absolute Gasteiger partial charge is 0.353 e. The van der Waals surface area contributed by atoms with E-state index in [9.17, 15) is 23.2 Å². The van der Waals surface area contributed by atoms with Crippen molar-refractivity contribution in [2.24, 2.45) is 0 Å². The smallest absolute Gasteiger partial charge is 0.256 e. The molecule has 2 aliphatic heterocycles. The van der Waals surface area contributed by atoms with Gasteiger partial charge in [0, 0.05) is 56.5 Å². The van der Waals surface area contributed by atoms with Crippen molar-refractivity contribution in [1.29, 1.82) is 0 Å². The third-order valence-electron chi connectivity index (χ3n) is 6.99. The lowest BCUT2D eigenvalue weighted by molar-refractivity contribution is -0.128. The van der Waals surface area contributed by atoms with E-state index < -0.39 is 29.3 Å². The van der Waals surface area contributed by atoms with Gasteiger partial charge in [0.05, 0.1) is 12.2 Å². The summed E-state index contributed by atoms with van der Waals surface area (Å²) in [6.45, 7) is 0.573. The fraction of sp³-hybridized carbons (Fsp3) is 0.286. The first-order valence-electron chi connectivity index (χ1n) is 12.3. The van der Waals surface area contributed by atoms with Crippen molar-refractivity contribution < 1.29 is 27.9 Å². The van der Waals surface area contributed by atoms with Gasteiger partial charge < -0.3 is 15.0 Å². The third kappa shape index (κ3) is 4.99. The maximum atomic E-state index is 14.2. The number of aromatic nitrogens is 1. The number of amides is 3. The first-order valence-corrected chi connectivity index (χ1v) is 12.3. The number of piperidine rings is 1. The zero-order valence-corrected chi connectivity index (χ0v) is 20.5. The minimum Gasteiger partial charge on any atom is -0.353 e. The molecule has 0 bridgehead atoms. The van der Waals surface area contributed by atoms with Crippen LogP contribution in [0, 0.1) is 11.6 Å². The number of likely N-dealkylation sites (tertiary alicyclic amines) is 1. The van der Waals surface area contributed by atoms with Gasteiger partial charge in [-0.15, -0.1) is 0 Å². The van der Waals surface area contributed by atoms with E-state index >= 15 is 0 Å². The lowest BCUT2D eigenvalue weighted by Crippen LogP contribution is -2.59. The van der Waals surface area contributed by atoms with Crippen LogP contribution in [-0.2, 0) is 16.1 Å². The van der Waals surface area contributed by atoms with Crippen molar-refractivity contribution in [3.05, 3.63) is 101 Å². The minimum atomic E-state index is -1.11. The Balaban J connectivity index is 1.35. The van der Waals surface area contributed by atoms with Crippen molar-refractivity contribution in [2.45, 2.75) is 31.2 Å². The van der Waals surface area contributed by atoms with Crippen LogP contribution in [-0.4, -0.2) is 64.0 Å². The third-order valence-corrected chi connectivity index (χ3v) is 6.99. The van der Waals surface area contributed by atoms with Crippen molar-refractivity contribution in [3.63, 3.8) is 0 Å². The SMILES string of the molecule is O=C(NCc1cccnc1)C1COC2(CCN(C(=O)c3ccc(F)cc3F)CC2)N1C(=O)c1ccccc1. The van der Waals surface area contributed by atoms with Crippen LogP contribution in [0.1, 0.15) is 39.1 Å². The van der Waals surface area contributed by atoms with Crippen LogP contribution >= 0.6 is 0 Å². The van der Waals surface area contributed by atoms with Gasteiger partial charge in [-0.05, 0) is 35.9 Å². The van der Waals surface area contributed by atoms with Gasteiger partial charge in [0.15, 0.2) is 0 Å². The van der Waals surface area contributed by atoms with Gasteiger partial charge in [-0.25, -0.2) is 8.78 Å². The normalized spacial score (nSPS) is 18.4. The first-order chi connectivity index (χ1) is 18.4. The summed E-state index contributed by atoms with van der Waals surface area (Å²) in [5.74, 6) is -2.98. The molecular formula is C28H26F2N4O4. The Hall–Kier alpha value is -4.18. The van der Waals surface area contributed by atoms with E-state index in [1.54, 1.807) is 48.8 Å². The number of rotatable bonds is 5. The van der Waals surface area contributed by atoms with Crippen molar-refractivity contribution in [3.8, 4) is 0 Å². The van der Waals surface area contributed by atoms with E-state index in [1.165, 1.54) is 9.80 Å². The Morgan fingerprint density at radius 2 is 1.76 bits per heavy atom. The van der Waals surface area contributed by atoms with E-state index in [2.05, 4.69) is 10.3 Å². The van der Waals surface area contributed by atoms with Crippen molar-refractivity contribution >= 4 is 17.7 Å². The second kappa shape index (κ2) is 10.7. The molecule has 196 valence electrons. The summed E-state index contributed by atoms with van der Waals surface area (Å²) in [5.41, 5.74) is -0.106. The first kappa shape index (κ1) is 25.5. The number of pyridine rings is 1. The molecule has 3 aromatic rings. The molecule has 1 aromatic heterocycles. The van der Waals surface area contributed by atoms with Gasteiger partial charge in [0.25, 0.3) is 11.8 Å². The number of hydrogen-bond acceptors (Lipinski definition) is 5. The molecule has 38 heavy (non-hydrogen) atoms. The molecule has 5 rings (SSSR count). The predicted molar refractivity (Wildman–Crippen MR) is 133 cm³/mol. The summed E-state index contributed by atoms with van der Waals surface area (Å²) >= 11 is 0. The molecule has 1 unspecified atom stereocenters. The minimum absolute atomic E-state index is 0.00200. The maximum Gasteiger partial charge on any atom is 0.256 e. The number of carbonyl (C=O) groups is 3. The molecule has 1 atom stereocenters. The van der Waals surface area contributed by atoms with Crippen LogP contribution in [0.15, 0.2) is 73.1 Å². The van der Waals surface area contributed by atoms with E-state index in [1.807, 2.05) is 6.07 Å². The fourth-order valence-corrected chi connectivity index (χ4v) is 4.99. The van der Waals surface area contributed by atoms with Crippen LogP contribution < -0.4 is 5.32 Å². The highest BCUT2D eigenvalue weighted by Gasteiger charge is 2.54. The summed E-state index contributed by atoms with van der Waals surface area (Å²) < 4.78 is 33.7. The van der Waals surface area contributed by atoms with Crippen molar-refractivity contribution in [2.75, 3.05) is 19.7 Å². The fourth-order valence-electron chi connectivity index (χ4n) is 4.99. The molecule has 0 aliphatic carbocycles. The number of hydrogen-bond donors (Lipinski definition) is 1. The Kier molecular flexibility index (Phi) is 7.15. The number of benzene rings is 2. The van der Waals surface area contributed by atoms with E-state index in [-0.39, 0.29) is 56.5 Å². The summed E-state index contributed by atoms with van der Waals surface area (Å²) in [6, 6.07) is 14.2. The van der Waals surface area contributed by atoms with Crippen LogP contribution in [0.4, 0.5) is 8.78 Å². The van der Waals surface area contributed by atoms with Gasteiger partial charge in [-0.1, -0.05) is 24.3 Å². The van der Waals surface area contributed by atoms with E-state index in [0.29, 0.717) is 11.6 Å². The van der Waals surface area contributed by atoms with Crippen molar-refractivity contribution in [1.82, 2.24) is 20.1 Å². The molecule has 2 saturated heterocycles. The second-order valence-corrected chi connectivity index (χ2v) is 9.31. The van der Waals surface area contributed by atoms with Gasteiger partial charge >= 0.3 is 0 Å². The Labute approximate surface area is 218 Å². The van der Waals surface area contributed by atoms with Gasteiger partial charge in [-0.2, -0.15) is 0 Å². The predicted octanol–water partition coefficient (Wildman–Crippen LogP) is 3.15. The quantitative estimate of drug-likeness (QED) is 0.558. The van der Waals surface area contributed by atoms with Gasteiger partial charge in [-0.3, -0.25) is 24.3 Å². The summed E-state index contributed by atoms with van der Waals surface area (Å²) in [5, 5.41) is 2.87. The van der Waals surface area contributed by atoms with Crippen LogP contribution in [0.3, 0.4) is 0 Å². The number of nitrogens with one attached hydrogen (secondary N) is 1. The van der Waals surface area contributed by atoms with Gasteiger partial charge in [0.2, 0.25) is 5.91 Å². The average molecular weight is 521 g/mol. The lowest BCUT2D eigenvalue weighted by Gasteiger charge is -2.44. The topological polar surface area (TPSA) is 91.8 Å². The summed E-state index contributed by atoms with van der Waals surface area (Å²) in [6.07, 6.45) is 3.75. The molecule has 8 nitrogen and oxygen atoms in total. The molecule has 3 heterocycles. The molecule has 0 radical (unpaired) electrons. The van der Waals surface area contributed by atoms with Gasteiger partial charge in [0.1, 0.15) is 23.4 Å². The average Bonchev–Trinajstić information content (AvgIpc) is 3.31. The Morgan fingerprint density at radius 1 is 1.00 bits per heavy atom. The Bertz CT molecular complexity index is 1330. The highest BCUT2D eigenvalue weighted by Crippen LogP contribution is 2.39. The number of ether oxygens (including phenoxy) is 1. The summed E-state index contributed by atoms with van der Waals surface area (Å²) in [7, 11) is 0. The molecule has 2 fully saturated rings. The maximum absolute atomic E-state index is 14.2. The van der Waals surface area contributed by atoms with Crippen LogP contribution in [0.5, 0.6) is 0 Å². The van der Waals surface area contributed by atoms with E-state index in [0.717, 1.165) is 17.7 Å². The lowest BCUT2D eigenvalue weighted by atomic mass is 9.96. The Morgan fingerprint density at radius 3 is 2.45 bits per heavy atom. The van der Waals surface area contributed by atoms with Crippen LogP contribution in [0.25, 0.3) is 0 Å². The van der Waals surface area contributed by atoms with Crippen LogP contribution in [0.2, 0.25) is 0 Å². The molecule has 0 saturated carbocycles. The molecule has 3 amide bonds. The molecular weight excluding hydrogens is 494 g/mol. The monoisotopic (exact) mass is 520 g/mol. The number of carbonyl (C=O) groups excluding carboxylic acids is 3. The number of nitrogens with zero attached hydrogens (tertiary/aromatic N) is 3. The summed E-state index contributed by atoms with van der Waals surface area (Å²) in [4.78, 5) is 46.9.